The van der Waals surface area contributed by atoms with E-state index in [1.165, 1.54) is 4.31 Å². The summed E-state index contributed by atoms with van der Waals surface area (Å²) in [4.78, 5) is 24.4. The predicted octanol–water partition coefficient (Wildman–Crippen LogP) is 5.88. The van der Waals surface area contributed by atoms with E-state index in [1.807, 2.05) is 44.2 Å². The normalized spacial score (nSPS) is 24.2. The van der Waals surface area contributed by atoms with Crippen molar-refractivity contribution in [1.29, 1.82) is 0 Å². The Hall–Kier alpha value is -2.13. The number of piperidine rings is 1. The number of sulfonamides is 1. The number of amides is 1. The molecule has 6 atom stereocenters. The Balaban J connectivity index is 1.69. The highest BCUT2D eigenvalue weighted by Gasteiger charge is 2.46. The monoisotopic (exact) mass is 594 g/mol. The van der Waals surface area contributed by atoms with Gasteiger partial charge in [-0.15, -0.1) is 0 Å². The van der Waals surface area contributed by atoms with Crippen molar-refractivity contribution in [1.82, 2.24) is 9.62 Å². The molecule has 2 aromatic carbocycles. The molecule has 2 aromatic rings. The molecule has 1 aliphatic carbocycles. The third-order valence-electron chi connectivity index (χ3n) is 8.48. The number of nitrogens with one attached hydrogen (secondary N) is 1. The molecule has 10 heteroatoms. The van der Waals surface area contributed by atoms with Crippen LogP contribution in [-0.2, 0) is 19.6 Å². The first-order chi connectivity index (χ1) is 18.4. The largest absolute Gasteiger partial charge is 0.481 e. The zero-order valence-corrected chi connectivity index (χ0v) is 24.7. The molecule has 7 nitrogen and oxygen atoms in total. The molecule has 1 aliphatic heterocycles. The van der Waals surface area contributed by atoms with Gasteiger partial charge in [0.25, 0.3) is 0 Å². The Kier molecular flexibility index (Phi) is 9.31. The fraction of sp³-hybridized carbons (Fsp3) is 0.517. The summed E-state index contributed by atoms with van der Waals surface area (Å²) >= 11 is 12.5. The summed E-state index contributed by atoms with van der Waals surface area (Å²) in [6, 6.07) is 14.0. The van der Waals surface area contributed by atoms with Gasteiger partial charge in [-0.05, 0) is 72.9 Å². The van der Waals surface area contributed by atoms with Gasteiger partial charge in [0.05, 0.1) is 11.3 Å². The SMILES string of the molecule is CC(C(C)[C@@H]1NC(=O)[C@H](CCC(=O)O)C[C@@H]1c1cccc(Cl)c1)C(c1ccc(Cl)cc1)N(C)S(=O)(=O)C1CC1. The van der Waals surface area contributed by atoms with Crippen molar-refractivity contribution in [2.45, 2.75) is 69.2 Å². The van der Waals surface area contributed by atoms with Crippen LogP contribution in [0.1, 0.15) is 69.0 Å². The van der Waals surface area contributed by atoms with Crippen molar-refractivity contribution in [2.24, 2.45) is 17.8 Å². The Morgan fingerprint density at radius 3 is 2.36 bits per heavy atom. The molecule has 2 aliphatic rings. The number of carboxylic acids is 1. The van der Waals surface area contributed by atoms with Crippen LogP contribution in [0.3, 0.4) is 0 Å². The number of carboxylic acid groups (broad SMARTS) is 1. The van der Waals surface area contributed by atoms with Gasteiger partial charge in [-0.1, -0.05) is 61.3 Å². The summed E-state index contributed by atoms with van der Waals surface area (Å²) in [5.41, 5.74) is 1.81. The number of benzene rings is 2. The Morgan fingerprint density at radius 2 is 1.77 bits per heavy atom. The van der Waals surface area contributed by atoms with Gasteiger partial charge in [-0.25, -0.2) is 8.42 Å². The van der Waals surface area contributed by atoms with E-state index in [4.69, 9.17) is 23.2 Å². The highest BCUT2D eigenvalue weighted by Crippen LogP contribution is 2.44. The van der Waals surface area contributed by atoms with E-state index in [1.54, 1.807) is 25.2 Å². The average molecular weight is 596 g/mol. The second kappa shape index (κ2) is 12.2. The van der Waals surface area contributed by atoms with E-state index < -0.39 is 28.0 Å². The van der Waals surface area contributed by atoms with Crippen LogP contribution in [0.2, 0.25) is 10.0 Å². The summed E-state index contributed by atoms with van der Waals surface area (Å²) in [5.74, 6) is -1.98. The summed E-state index contributed by atoms with van der Waals surface area (Å²) in [6.45, 7) is 4.08. The van der Waals surface area contributed by atoms with Crippen molar-refractivity contribution >= 4 is 45.1 Å². The lowest BCUT2D eigenvalue weighted by molar-refractivity contribution is -0.138. The van der Waals surface area contributed by atoms with E-state index in [0.717, 1.165) is 11.1 Å². The summed E-state index contributed by atoms with van der Waals surface area (Å²) < 4.78 is 28.3. The molecule has 1 heterocycles. The lowest BCUT2D eigenvalue weighted by atomic mass is 9.70. The average Bonchev–Trinajstić information content (AvgIpc) is 3.75. The van der Waals surface area contributed by atoms with Crippen LogP contribution in [0.4, 0.5) is 0 Å². The Bertz CT molecular complexity index is 1300. The lowest BCUT2D eigenvalue weighted by Gasteiger charge is -2.44. The van der Waals surface area contributed by atoms with E-state index in [2.05, 4.69) is 5.32 Å². The first-order valence-electron chi connectivity index (χ1n) is 13.4. The van der Waals surface area contributed by atoms with E-state index in [9.17, 15) is 23.1 Å². The molecule has 3 unspecified atom stereocenters. The molecule has 212 valence electrons. The van der Waals surface area contributed by atoms with Crippen LogP contribution in [-0.4, -0.2) is 48.0 Å². The zero-order valence-electron chi connectivity index (χ0n) is 22.4. The van der Waals surface area contributed by atoms with Crippen LogP contribution < -0.4 is 5.32 Å². The van der Waals surface area contributed by atoms with Gasteiger partial charge in [0.1, 0.15) is 0 Å². The van der Waals surface area contributed by atoms with Gasteiger partial charge in [-0.2, -0.15) is 4.31 Å². The van der Waals surface area contributed by atoms with Crippen molar-refractivity contribution in [3.05, 3.63) is 69.7 Å². The fourth-order valence-electron chi connectivity index (χ4n) is 5.95. The van der Waals surface area contributed by atoms with Gasteiger partial charge in [0.2, 0.25) is 15.9 Å². The minimum atomic E-state index is -3.50. The number of carbonyl (C=O) groups is 2. The van der Waals surface area contributed by atoms with Crippen LogP contribution in [0, 0.1) is 17.8 Å². The maximum absolute atomic E-state index is 13.4. The molecule has 0 aromatic heterocycles. The summed E-state index contributed by atoms with van der Waals surface area (Å²) in [7, 11) is -1.85. The molecule has 39 heavy (non-hydrogen) atoms. The Labute approximate surface area is 240 Å². The van der Waals surface area contributed by atoms with Gasteiger partial charge in [0.15, 0.2) is 0 Å². The number of aliphatic carboxylic acids is 1. The van der Waals surface area contributed by atoms with Crippen LogP contribution in [0.5, 0.6) is 0 Å². The number of hydrogen-bond donors (Lipinski definition) is 2. The standard InChI is InChI=1S/C29H36Cl2N2O5S/c1-17(18(2)28(19-7-10-22(30)11-8-19)33(3)39(37,38)24-12-13-24)27-25(20-5-4-6-23(31)15-20)16-21(29(36)32-27)9-14-26(34)35/h4-8,10-11,15,17-18,21,24-25,27-28H,9,12-14,16H2,1-3H3,(H,32,36)(H,34,35)/t17?,18?,21-,25-,27+,28?/m1/s1. The van der Waals surface area contributed by atoms with E-state index in [0.29, 0.717) is 29.3 Å². The maximum Gasteiger partial charge on any atom is 0.303 e. The van der Waals surface area contributed by atoms with Crippen molar-refractivity contribution in [3.8, 4) is 0 Å². The molecule has 2 fully saturated rings. The van der Waals surface area contributed by atoms with Crippen molar-refractivity contribution < 1.29 is 23.1 Å². The second-order valence-corrected chi connectivity index (χ2v) is 14.2. The topological polar surface area (TPSA) is 104 Å². The second-order valence-electron chi connectivity index (χ2n) is 11.0. The quantitative estimate of drug-likeness (QED) is 0.338. The minimum Gasteiger partial charge on any atom is -0.481 e. The van der Waals surface area contributed by atoms with Gasteiger partial charge in [0, 0.05) is 41.4 Å². The molecule has 0 spiro atoms. The van der Waals surface area contributed by atoms with Crippen LogP contribution in [0.15, 0.2) is 48.5 Å². The molecule has 0 radical (unpaired) electrons. The fourth-order valence-corrected chi connectivity index (χ4v) is 8.10. The van der Waals surface area contributed by atoms with E-state index in [-0.39, 0.29) is 47.8 Å². The van der Waals surface area contributed by atoms with Gasteiger partial charge < -0.3 is 10.4 Å². The summed E-state index contributed by atoms with van der Waals surface area (Å²) in [5, 5.41) is 13.2. The minimum absolute atomic E-state index is 0.0839. The molecule has 0 bridgehead atoms. The highest BCUT2D eigenvalue weighted by atomic mass is 35.5. The molecule has 4 rings (SSSR count). The van der Waals surface area contributed by atoms with Crippen molar-refractivity contribution in [3.63, 3.8) is 0 Å². The highest BCUT2D eigenvalue weighted by molar-refractivity contribution is 7.90. The maximum atomic E-state index is 13.4. The molecule has 2 N–H and O–H groups in total. The smallest absolute Gasteiger partial charge is 0.303 e. The number of carbonyl (C=O) groups excluding carboxylic acids is 1. The van der Waals surface area contributed by atoms with Crippen molar-refractivity contribution in [2.75, 3.05) is 7.05 Å². The third kappa shape index (κ3) is 6.79. The molecular formula is C29H36Cl2N2O5S. The molecule has 1 saturated carbocycles. The summed E-state index contributed by atoms with van der Waals surface area (Å²) in [6.07, 6.45) is 1.99. The van der Waals surface area contributed by atoms with Crippen LogP contribution >= 0.6 is 23.2 Å². The number of nitrogens with zero attached hydrogens (tertiary/aromatic N) is 1. The zero-order chi connectivity index (χ0) is 28.5. The number of rotatable bonds is 11. The number of hydrogen-bond acceptors (Lipinski definition) is 4. The van der Waals surface area contributed by atoms with Crippen LogP contribution in [0.25, 0.3) is 0 Å². The van der Waals surface area contributed by atoms with E-state index >= 15 is 0 Å². The predicted molar refractivity (Wildman–Crippen MR) is 153 cm³/mol. The molecule has 1 amide bonds. The molecular weight excluding hydrogens is 559 g/mol. The molecule has 1 saturated heterocycles. The van der Waals surface area contributed by atoms with Gasteiger partial charge >= 0.3 is 5.97 Å². The third-order valence-corrected chi connectivity index (χ3v) is 11.3. The van der Waals surface area contributed by atoms with Gasteiger partial charge in [-0.3, -0.25) is 9.59 Å². The first-order valence-corrected chi connectivity index (χ1v) is 15.7. The number of halogens is 2. The Morgan fingerprint density at radius 1 is 1.10 bits per heavy atom. The first kappa shape index (κ1) is 29.8. The lowest BCUT2D eigenvalue weighted by Crippen LogP contribution is -2.53.